The van der Waals surface area contributed by atoms with Gasteiger partial charge in [0.25, 0.3) is 0 Å². The SMILES string of the molecule is CCC=CCC=CCC=CCCCCCCCC(=O)OC1CC[C@@]2(C)C(=CC=C3[C@@H]4CC[C@H]([C@H](C)C=C[C@H](C)C(C)C)[C@@]4(C)CC[C@@H]32)C1. The molecule has 48 heavy (non-hydrogen) atoms. The molecule has 0 radical (unpaired) electrons. The van der Waals surface area contributed by atoms with Crippen LogP contribution in [0.2, 0.25) is 0 Å². The average Bonchev–Trinajstić information content (AvgIpc) is 3.42. The van der Waals surface area contributed by atoms with Crippen molar-refractivity contribution in [2.24, 2.45) is 46.3 Å². The molecule has 0 saturated heterocycles. The number of allylic oxidation sites excluding steroid dienone is 11. The maximum atomic E-state index is 12.8. The fraction of sp³-hybridized carbons (Fsp3) is 0.717. The number of esters is 1. The van der Waals surface area contributed by atoms with E-state index < -0.39 is 0 Å². The van der Waals surface area contributed by atoms with Gasteiger partial charge in [-0.1, -0.05) is 140 Å². The Hall–Kier alpha value is -2.09. The van der Waals surface area contributed by atoms with Crippen LogP contribution >= 0.6 is 0 Å². The minimum atomic E-state index is 0.0220. The molecule has 3 fully saturated rings. The summed E-state index contributed by atoms with van der Waals surface area (Å²) in [5.74, 6) is 4.21. The molecule has 0 N–H and O–H groups in total. The molecule has 0 amide bonds. The highest BCUT2D eigenvalue weighted by atomic mass is 16.5. The van der Waals surface area contributed by atoms with Crippen molar-refractivity contribution in [1.29, 1.82) is 0 Å². The molecule has 2 heteroatoms. The topological polar surface area (TPSA) is 26.3 Å². The van der Waals surface area contributed by atoms with E-state index >= 15 is 0 Å². The monoisotopic (exact) mass is 657 g/mol. The molecule has 0 bridgehead atoms. The van der Waals surface area contributed by atoms with Gasteiger partial charge in [0.15, 0.2) is 0 Å². The van der Waals surface area contributed by atoms with Gasteiger partial charge in [0, 0.05) is 12.8 Å². The summed E-state index contributed by atoms with van der Waals surface area (Å²) in [6.07, 6.45) is 42.9. The molecule has 0 aromatic carbocycles. The van der Waals surface area contributed by atoms with Crippen LogP contribution in [0.3, 0.4) is 0 Å². The maximum absolute atomic E-state index is 12.8. The molecule has 2 nitrogen and oxygen atoms in total. The van der Waals surface area contributed by atoms with Gasteiger partial charge < -0.3 is 4.74 Å². The predicted octanol–water partition coefficient (Wildman–Crippen LogP) is 13.5. The van der Waals surface area contributed by atoms with Gasteiger partial charge in [-0.2, -0.15) is 0 Å². The zero-order valence-electron chi connectivity index (χ0n) is 32.2. The molecule has 3 saturated carbocycles. The number of carbonyl (C=O) groups excluding carboxylic acids is 1. The predicted molar refractivity (Wildman–Crippen MR) is 207 cm³/mol. The van der Waals surface area contributed by atoms with Crippen LogP contribution in [0.5, 0.6) is 0 Å². The first-order valence-electron chi connectivity index (χ1n) is 20.3. The molecule has 268 valence electrons. The van der Waals surface area contributed by atoms with E-state index in [1.807, 2.05) is 0 Å². The smallest absolute Gasteiger partial charge is 0.306 e. The number of hydrogen-bond donors (Lipinski definition) is 0. The average molecular weight is 657 g/mol. The Morgan fingerprint density at radius 3 is 2.27 bits per heavy atom. The first-order valence-corrected chi connectivity index (χ1v) is 20.3. The summed E-state index contributed by atoms with van der Waals surface area (Å²) >= 11 is 0. The normalized spacial score (nSPS) is 31.7. The summed E-state index contributed by atoms with van der Waals surface area (Å²) in [6.45, 7) is 16.9. The van der Waals surface area contributed by atoms with Gasteiger partial charge in [-0.05, 0) is 123 Å². The van der Waals surface area contributed by atoms with Crippen LogP contribution in [0.25, 0.3) is 0 Å². The summed E-state index contributed by atoms with van der Waals surface area (Å²) in [5, 5.41) is 0. The number of ether oxygens (including phenoxy) is 1. The Morgan fingerprint density at radius 2 is 1.52 bits per heavy atom. The second-order valence-electron chi connectivity index (χ2n) is 16.9. The number of carbonyl (C=O) groups is 1. The molecular weight excluding hydrogens is 585 g/mol. The van der Waals surface area contributed by atoms with Gasteiger partial charge in [0.2, 0.25) is 0 Å². The summed E-state index contributed by atoms with van der Waals surface area (Å²) in [5.41, 5.74) is 3.97. The highest BCUT2D eigenvalue weighted by molar-refractivity contribution is 5.69. The van der Waals surface area contributed by atoms with Crippen molar-refractivity contribution in [1.82, 2.24) is 0 Å². The molecule has 0 heterocycles. The molecule has 0 spiro atoms. The minimum absolute atomic E-state index is 0.0220. The number of rotatable bonds is 18. The van der Waals surface area contributed by atoms with E-state index in [4.69, 9.17) is 4.74 Å². The standard InChI is InChI=1S/C46H72O2/c1-8-9-10-11-12-13-14-15-16-17-18-19-20-21-22-23-44(47)48-39-30-32-45(6)38(34-39)26-27-40-42-29-28-41(46(42,7)33-31-43(40)45)37(5)25-24-36(4)35(2)3/h9-10,12-13,15-16,24-27,35-37,39,41-43H,8,11,14,17-23,28-34H2,1-7H3/t36-,37+,39?,41+,42-,43-,45-,46+/m0/s1. The Kier molecular flexibility index (Phi) is 15.1. The lowest BCUT2D eigenvalue weighted by molar-refractivity contribution is -0.151. The van der Waals surface area contributed by atoms with Crippen LogP contribution < -0.4 is 0 Å². The Morgan fingerprint density at radius 1 is 0.812 bits per heavy atom. The molecule has 4 aliphatic rings. The lowest BCUT2D eigenvalue weighted by Gasteiger charge is -2.55. The van der Waals surface area contributed by atoms with Crippen molar-refractivity contribution in [3.8, 4) is 0 Å². The zero-order valence-corrected chi connectivity index (χ0v) is 32.2. The van der Waals surface area contributed by atoms with Gasteiger partial charge in [-0.3, -0.25) is 4.79 Å². The van der Waals surface area contributed by atoms with Crippen LogP contribution in [0, 0.1) is 46.3 Å². The van der Waals surface area contributed by atoms with Crippen molar-refractivity contribution in [3.05, 3.63) is 71.9 Å². The third-order valence-electron chi connectivity index (χ3n) is 13.3. The van der Waals surface area contributed by atoms with Crippen molar-refractivity contribution < 1.29 is 9.53 Å². The fourth-order valence-electron chi connectivity index (χ4n) is 9.81. The fourth-order valence-corrected chi connectivity index (χ4v) is 9.81. The van der Waals surface area contributed by atoms with E-state index in [1.54, 1.807) is 11.1 Å². The molecule has 4 aliphatic carbocycles. The number of unbranched alkanes of at least 4 members (excludes halogenated alkanes) is 5. The maximum Gasteiger partial charge on any atom is 0.306 e. The lowest BCUT2D eigenvalue weighted by Crippen LogP contribution is -2.46. The van der Waals surface area contributed by atoms with Crippen LogP contribution in [0.4, 0.5) is 0 Å². The first-order chi connectivity index (χ1) is 23.1. The van der Waals surface area contributed by atoms with Gasteiger partial charge in [0.1, 0.15) is 6.10 Å². The highest BCUT2D eigenvalue weighted by Gasteiger charge is 2.57. The summed E-state index contributed by atoms with van der Waals surface area (Å²) < 4.78 is 6.10. The second-order valence-corrected chi connectivity index (χ2v) is 16.9. The van der Waals surface area contributed by atoms with Crippen molar-refractivity contribution in [3.63, 3.8) is 0 Å². The van der Waals surface area contributed by atoms with Crippen LogP contribution in [0.15, 0.2) is 71.9 Å². The zero-order chi connectivity index (χ0) is 34.6. The van der Waals surface area contributed by atoms with Crippen LogP contribution in [-0.4, -0.2) is 12.1 Å². The quantitative estimate of drug-likeness (QED) is 0.0833. The largest absolute Gasteiger partial charge is 0.462 e. The third kappa shape index (κ3) is 10.0. The van der Waals surface area contributed by atoms with Gasteiger partial charge in [0.05, 0.1) is 0 Å². The Bertz CT molecular complexity index is 1190. The van der Waals surface area contributed by atoms with Gasteiger partial charge in [-0.25, -0.2) is 0 Å². The van der Waals surface area contributed by atoms with Crippen molar-refractivity contribution in [2.45, 2.75) is 164 Å². The summed E-state index contributed by atoms with van der Waals surface area (Å²) in [7, 11) is 0. The number of hydrogen-bond acceptors (Lipinski definition) is 2. The molecule has 0 aromatic heterocycles. The Labute approximate surface area is 296 Å². The molecule has 1 unspecified atom stereocenters. The Balaban J connectivity index is 1.17. The van der Waals surface area contributed by atoms with E-state index in [-0.39, 0.29) is 17.5 Å². The molecule has 0 aliphatic heterocycles. The van der Waals surface area contributed by atoms with Crippen molar-refractivity contribution >= 4 is 5.97 Å². The van der Waals surface area contributed by atoms with E-state index in [9.17, 15) is 4.79 Å². The van der Waals surface area contributed by atoms with Gasteiger partial charge >= 0.3 is 5.97 Å². The van der Waals surface area contributed by atoms with Crippen LogP contribution in [-0.2, 0) is 9.53 Å². The van der Waals surface area contributed by atoms with E-state index in [1.165, 1.54) is 44.9 Å². The van der Waals surface area contributed by atoms with Gasteiger partial charge in [-0.15, -0.1) is 0 Å². The molecular formula is C46H72O2. The molecule has 4 rings (SSSR count). The summed E-state index contributed by atoms with van der Waals surface area (Å²) in [4.78, 5) is 12.8. The number of fused-ring (bicyclic) bond motifs is 5. The van der Waals surface area contributed by atoms with Crippen LogP contribution in [0.1, 0.15) is 158 Å². The lowest BCUT2D eigenvalue weighted by atomic mass is 9.50. The van der Waals surface area contributed by atoms with E-state index in [0.717, 1.165) is 69.6 Å². The second kappa shape index (κ2) is 18.8. The molecule has 8 atom stereocenters. The third-order valence-corrected chi connectivity index (χ3v) is 13.3. The molecule has 0 aromatic rings. The van der Waals surface area contributed by atoms with E-state index in [0.29, 0.717) is 35.5 Å². The van der Waals surface area contributed by atoms with E-state index in [2.05, 4.69) is 109 Å². The van der Waals surface area contributed by atoms with Crippen molar-refractivity contribution in [2.75, 3.05) is 0 Å². The minimum Gasteiger partial charge on any atom is -0.462 e. The first kappa shape index (κ1) is 38.7. The highest BCUT2D eigenvalue weighted by Crippen LogP contribution is 2.66. The summed E-state index contributed by atoms with van der Waals surface area (Å²) in [6, 6.07) is 0.